The number of hydrogen-bond acceptors (Lipinski definition) is 3. The minimum atomic E-state index is -2.43. The van der Waals surface area contributed by atoms with Crippen LogP contribution in [0.4, 0.5) is 8.78 Å². The molecule has 6 heteroatoms. The Bertz CT molecular complexity index is 854. The van der Waals surface area contributed by atoms with Gasteiger partial charge in [0.1, 0.15) is 4.99 Å². The van der Waals surface area contributed by atoms with E-state index in [-0.39, 0.29) is 28.7 Å². The number of alkyl halides is 2. The molecule has 6 rings (SSSR count). The maximum absolute atomic E-state index is 13.7. The fourth-order valence-electron chi connectivity index (χ4n) is 7.66. The van der Waals surface area contributed by atoms with Gasteiger partial charge in [0.25, 0.3) is 6.55 Å². The number of hydrogen-bond donors (Lipinski definition) is 1. The smallest absolute Gasteiger partial charge is 0.294 e. The molecule has 1 aromatic carbocycles. The fraction of sp³-hybridized carbons (Fsp3) is 0.680. The number of aliphatic imine (C=N–C) groups is 1. The van der Waals surface area contributed by atoms with Crippen LogP contribution >= 0.6 is 12.2 Å². The molecule has 5 fully saturated rings. The molecule has 2 N–H and O–H groups in total. The standard InChI is InChI=1S/C25H33F2N3S/c1-30(23(26)27)21-17-11-24(18-5-3-2-4-6-18)13-20(21)25(12-17,15-24)22(31)29-14-16-7-9-19(28)10-8-16/h2-6,14,16-17,19-21,23H,7-13,15,28H2,1H3. The summed E-state index contributed by atoms with van der Waals surface area (Å²) in [4.78, 5) is 6.94. The summed E-state index contributed by atoms with van der Waals surface area (Å²) < 4.78 is 27.5. The van der Waals surface area contributed by atoms with Crippen LogP contribution in [0.5, 0.6) is 0 Å². The lowest BCUT2D eigenvalue weighted by molar-refractivity contribution is -0.0667. The van der Waals surface area contributed by atoms with Gasteiger partial charge >= 0.3 is 0 Å². The Balaban J connectivity index is 1.44. The maximum atomic E-state index is 13.7. The van der Waals surface area contributed by atoms with Gasteiger partial charge in [-0.15, -0.1) is 0 Å². The Morgan fingerprint density at radius 1 is 1.16 bits per heavy atom. The van der Waals surface area contributed by atoms with E-state index in [4.69, 9.17) is 22.9 Å². The molecule has 4 bridgehead atoms. The Labute approximate surface area is 189 Å². The maximum Gasteiger partial charge on any atom is 0.294 e. The first-order valence-corrected chi connectivity index (χ1v) is 12.2. The zero-order chi connectivity index (χ0) is 21.8. The second-order valence-corrected chi connectivity index (χ2v) is 11.0. The summed E-state index contributed by atoms with van der Waals surface area (Å²) in [6.45, 7) is -2.43. The van der Waals surface area contributed by atoms with Crippen molar-refractivity contribution in [2.24, 2.45) is 33.9 Å². The topological polar surface area (TPSA) is 41.6 Å². The first kappa shape index (κ1) is 21.6. The Kier molecular flexibility index (Phi) is 5.55. The largest absolute Gasteiger partial charge is 0.328 e. The highest BCUT2D eigenvalue weighted by Crippen LogP contribution is 2.72. The first-order valence-electron chi connectivity index (χ1n) is 11.7. The van der Waals surface area contributed by atoms with Crippen LogP contribution in [0, 0.1) is 23.2 Å². The Hall–Kier alpha value is -1.24. The third-order valence-corrected chi connectivity index (χ3v) is 9.47. The van der Waals surface area contributed by atoms with E-state index in [1.807, 2.05) is 6.07 Å². The summed E-state index contributed by atoms with van der Waals surface area (Å²) in [5, 5.41) is 0. The monoisotopic (exact) mass is 445 g/mol. The summed E-state index contributed by atoms with van der Waals surface area (Å²) in [5.41, 5.74) is 7.20. The van der Waals surface area contributed by atoms with Gasteiger partial charge in [-0.2, -0.15) is 8.78 Å². The normalized spacial score (nSPS) is 41.7. The minimum Gasteiger partial charge on any atom is -0.328 e. The molecule has 0 heterocycles. The zero-order valence-corrected chi connectivity index (χ0v) is 19.0. The van der Waals surface area contributed by atoms with Gasteiger partial charge in [0.2, 0.25) is 0 Å². The van der Waals surface area contributed by atoms with Crippen molar-refractivity contribution in [3.05, 3.63) is 35.9 Å². The number of nitrogens with zero attached hydrogens (tertiary/aromatic N) is 2. The highest BCUT2D eigenvalue weighted by atomic mass is 32.1. The van der Waals surface area contributed by atoms with Gasteiger partial charge in [-0.25, -0.2) is 4.90 Å². The van der Waals surface area contributed by atoms with E-state index < -0.39 is 6.55 Å². The number of rotatable bonds is 5. The minimum absolute atomic E-state index is 0.0471. The average molecular weight is 446 g/mol. The summed E-state index contributed by atoms with van der Waals surface area (Å²) in [7, 11) is 1.59. The summed E-state index contributed by atoms with van der Waals surface area (Å²) in [6.07, 6.45) is 10.0. The van der Waals surface area contributed by atoms with Crippen LogP contribution in [0.2, 0.25) is 0 Å². The number of thiocarbonyl (C=S) groups is 1. The van der Waals surface area contributed by atoms with Crippen molar-refractivity contribution in [1.29, 1.82) is 0 Å². The highest BCUT2D eigenvalue weighted by Gasteiger charge is 2.70. The summed E-state index contributed by atoms with van der Waals surface area (Å²) in [6, 6.07) is 10.9. The fourth-order valence-corrected chi connectivity index (χ4v) is 8.02. The predicted octanol–water partition coefficient (Wildman–Crippen LogP) is 5.18. The number of benzene rings is 1. The van der Waals surface area contributed by atoms with Crippen LogP contribution in [0.1, 0.15) is 56.9 Å². The number of halogens is 2. The molecular formula is C25H33F2N3S. The van der Waals surface area contributed by atoms with Crippen LogP contribution in [-0.4, -0.2) is 41.8 Å². The van der Waals surface area contributed by atoms with Gasteiger partial charge in [-0.05, 0) is 87.1 Å². The van der Waals surface area contributed by atoms with Gasteiger partial charge in [0.15, 0.2) is 0 Å². The lowest BCUT2D eigenvalue weighted by Gasteiger charge is -2.45. The second-order valence-electron chi connectivity index (χ2n) is 10.7. The van der Waals surface area contributed by atoms with Gasteiger partial charge in [0, 0.05) is 23.7 Å². The van der Waals surface area contributed by atoms with Gasteiger partial charge < -0.3 is 5.73 Å². The molecule has 0 saturated heterocycles. The second kappa shape index (κ2) is 7.96. The quantitative estimate of drug-likeness (QED) is 0.386. The van der Waals surface area contributed by atoms with E-state index in [2.05, 4.69) is 30.5 Å². The SMILES string of the molecule is CN(C(F)F)C1C2CC3(c4ccccc4)CC1C(C(=S)N=CC1CCC(N)CC1)(C2)C3. The molecule has 0 amide bonds. The average Bonchev–Trinajstić information content (AvgIpc) is 3.15. The Morgan fingerprint density at radius 3 is 2.55 bits per heavy atom. The molecule has 5 atom stereocenters. The molecule has 5 saturated carbocycles. The van der Waals surface area contributed by atoms with Crippen molar-refractivity contribution < 1.29 is 8.78 Å². The molecule has 0 radical (unpaired) electrons. The molecule has 5 unspecified atom stereocenters. The van der Waals surface area contributed by atoms with Crippen LogP contribution < -0.4 is 5.73 Å². The lowest BCUT2D eigenvalue weighted by atomic mass is 9.63. The lowest BCUT2D eigenvalue weighted by Crippen LogP contribution is -2.47. The van der Waals surface area contributed by atoms with E-state index in [9.17, 15) is 8.78 Å². The van der Waals surface area contributed by atoms with E-state index in [1.165, 1.54) is 10.5 Å². The van der Waals surface area contributed by atoms with Gasteiger partial charge in [0.05, 0.1) is 0 Å². The third kappa shape index (κ3) is 3.50. The van der Waals surface area contributed by atoms with Crippen LogP contribution in [0.15, 0.2) is 35.3 Å². The van der Waals surface area contributed by atoms with Crippen molar-refractivity contribution in [2.45, 2.75) is 75.4 Å². The van der Waals surface area contributed by atoms with Crippen LogP contribution in [0.25, 0.3) is 0 Å². The third-order valence-electron chi connectivity index (χ3n) is 8.96. The highest BCUT2D eigenvalue weighted by molar-refractivity contribution is 7.80. The molecule has 5 aliphatic carbocycles. The van der Waals surface area contributed by atoms with Crippen LogP contribution in [-0.2, 0) is 5.41 Å². The van der Waals surface area contributed by atoms with Crippen molar-refractivity contribution in [2.75, 3.05) is 7.05 Å². The molecule has 0 aromatic heterocycles. The molecular weight excluding hydrogens is 412 g/mol. The van der Waals surface area contributed by atoms with E-state index >= 15 is 0 Å². The molecule has 3 nitrogen and oxygen atoms in total. The molecule has 5 aliphatic rings. The first-order chi connectivity index (χ1) is 14.8. The van der Waals surface area contributed by atoms with Gasteiger partial charge in [-0.1, -0.05) is 42.5 Å². The molecule has 1 aromatic rings. The van der Waals surface area contributed by atoms with E-state index in [0.717, 1.165) is 56.4 Å². The van der Waals surface area contributed by atoms with Crippen molar-refractivity contribution >= 4 is 23.4 Å². The number of nitrogens with two attached hydrogens (primary N) is 1. The zero-order valence-electron chi connectivity index (χ0n) is 18.2. The molecule has 31 heavy (non-hydrogen) atoms. The predicted molar refractivity (Wildman–Crippen MR) is 125 cm³/mol. The molecule has 0 spiro atoms. The molecule has 0 aliphatic heterocycles. The van der Waals surface area contributed by atoms with Crippen molar-refractivity contribution in [3.63, 3.8) is 0 Å². The summed E-state index contributed by atoms with van der Waals surface area (Å²) >= 11 is 5.98. The van der Waals surface area contributed by atoms with E-state index in [1.54, 1.807) is 7.05 Å². The van der Waals surface area contributed by atoms with Crippen molar-refractivity contribution in [3.8, 4) is 0 Å². The van der Waals surface area contributed by atoms with Crippen LogP contribution in [0.3, 0.4) is 0 Å². The van der Waals surface area contributed by atoms with Crippen molar-refractivity contribution in [1.82, 2.24) is 4.90 Å². The Morgan fingerprint density at radius 2 is 1.87 bits per heavy atom. The summed E-state index contributed by atoms with van der Waals surface area (Å²) in [5.74, 6) is 0.829. The molecule has 168 valence electrons. The van der Waals surface area contributed by atoms with Gasteiger partial charge in [-0.3, -0.25) is 4.99 Å². The van der Waals surface area contributed by atoms with E-state index in [0.29, 0.717) is 12.0 Å².